The summed E-state index contributed by atoms with van der Waals surface area (Å²) < 4.78 is 1.73. The summed E-state index contributed by atoms with van der Waals surface area (Å²) in [5, 5.41) is 12.8. The molecule has 3 rings (SSSR count). The molecule has 0 aliphatic carbocycles. The van der Waals surface area contributed by atoms with E-state index >= 15 is 0 Å². The van der Waals surface area contributed by atoms with Crippen LogP contribution in [0, 0.1) is 0 Å². The third-order valence-electron chi connectivity index (χ3n) is 3.15. The molecule has 0 bridgehead atoms. The fraction of sp³-hybridized carbons (Fsp3) is 0.0714. The number of hydrogen-bond acceptors (Lipinski definition) is 2. The molecule has 1 atom stereocenters. The van der Waals surface area contributed by atoms with E-state index in [2.05, 4.69) is 37.2 Å². The number of halogens is 2. The molecule has 3 nitrogen and oxygen atoms in total. The lowest BCUT2D eigenvalue weighted by atomic mass is 9.92. The van der Waals surface area contributed by atoms with Gasteiger partial charge < -0.3 is 10.4 Å². The van der Waals surface area contributed by atoms with Gasteiger partial charge in [0.25, 0.3) is 0 Å². The molecule has 5 heteroatoms. The minimum Gasteiger partial charge on any atom is -0.508 e. The van der Waals surface area contributed by atoms with Crippen molar-refractivity contribution in [3.63, 3.8) is 0 Å². The number of carbonyl (C=O) groups excluding carboxylic acids is 1. The number of phenolic OH excluding ortho intramolecular Hbond substituents is 1. The first-order valence-corrected chi connectivity index (χ1v) is 7.23. The van der Waals surface area contributed by atoms with Gasteiger partial charge in [0, 0.05) is 20.2 Å². The second-order valence-electron chi connectivity index (χ2n) is 4.36. The molecule has 2 aromatic rings. The van der Waals surface area contributed by atoms with Gasteiger partial charge in [-0.1, -0.05) is 31.9 Å². The van der Waals surface area contributed by atoms with Crippen LogP contribution in [-0.4, -0.2) is 11.0 Å². The Balaban J connectivity index is 2.19. The molecule has 96 valence electrons. The van der Waals surface area contributed by atoms with Gasteiger partial charge in [0.15, 0.2) is 0 Å². The van der Waals surface area contributed by atoms with E-state index in [1.165, 1.54) is 0 Å². The summed E-state index contributed by atoms with van der Waals surface area (Å²) in [6.45, 7) is 0. The highest BCUT2D eigenvalue weighted by Gasteiger charge is 2.33. The number of amides is 1. The van der Waals surface area contributed by atoms with Gasteiger partial charge in [0.1, 0.15) is 5.75 Å². The summed E-state index contributed by atoms with van der Waals surface area (Å²) in [6, 6.07) is 10.7. The third-order valence-corrected chi connectivity index (χ3v) is 4.13. The average molecular weight is 383 g/mol. The largest absolute Gasteiger partial charge is 0.508 e. The van der Waals surface area contributed by atoms with E-state index in [9.17, 15) is 9.90 Å². The van der Waals surface area contributed by atoms with Crippen molar-refractivity contribution in [3.8, 4) is 5.75 Å². The number of anilines is 1. The maximum absolute atomic E-state index is 12.2. The number of hydrogen-bond donors (Lipinski definition) is 2. The van der Waals surface area contributed by atoms with Crippen molar-refractivity contribution in [1.82, 2.24) is 0 Å². The van der Waals surface area contributed by atoms with Crippen LogP contribution in [0.2, 0.25) is 0 Å². The van der Waals surface area contributed by atoms with Crippen LogP contribution in [0.15, 0.2) is 45.3 Å². The highest BCUT2D eigenvalue weighted by molar-refractivity contribution is 9.10. The Kier molecular flexibility index (Phi) is 3.11. The molecule has 2 N–H and O–H groups in total. The van der Waals surface area contributed by atoms with Crippen molar-refractivity contribution in [3.05, 3.63) is 56.5 Å². The van der Waals surface area contributed by atoms with E-state index < -0.39 is 5.92 Å². The van der Waals surface area contributed by atoms with Gasteiger partial charge in [-0.3, -0.25) is 4.79 Å². The van der Waals surface area contributed by atoms with Crippen molar-refractivity contribution in [2.75, 3.05) is 5.32 Å². The summed E-state index contributed by atoms with van der Waals surface area (Å²) in [5.74, 6) is -0.484. The predicted octanol–water partition coefficient (Wildman–Crippen LogP) is 4.00. The monoisotopic (exact) mass is 381 g/mol. The number of rotatable bonds is 1. The minimum atomic E-state index is -0.481. The zero-order valence-corrected chi connectivity index (χ0v) is 12.8. The quantitative estimate of drug-likeness (QED) is 0.783. The van der Waals surface area contributed by atoms with Crippen molar-refractivity contribution in [1.29, 1.82) is 0 Å². The average Bonchev–Trinajstić information content (AvgIpc) is 2.68. The Labute approximate surface area is 126 Å². The lowest BCUT2D eigenvalue weighted by Gasteiger charge is -2.12. The molecule has 1 amide bonds. The highest BCUT2D eigenvalue weighted by Crippen LogP contribution is 2.42. The van der Waals surface area contributed by atoms with Gasteiger partial charge in [-0.2, -0.15) is 0 Å². The molecule has 1 aliphatic rings. The zero-order chi connectivity index (χ0) is 13.6. The Bertz CT molecular complexity index is 685. The molecule has 0 aromatic heterocycles. The summed E-state index contributed by atoms with van der Waals surface area (Å²) in [6.07, 6.45) is 0. The normalized spacial score (nSPS) is 17.2. The number of aromatic hydroxyl groups is 1. The first-order valence-electron chi connectivity index (χ1n) is 5.65. The van der Waals surface area contributed by atoms with Crippen molar-refractivity contribution >= 4 is 43.5 Å². The van der Waals surface area contributed by atoms with Crippen molar-refractivity contribution in [2.45, 2.75) is 5.92 Å². The van der Waals surface area contributed by atoms with Gasteiger partial charge >= 0.3 is 0 Å². The number of benzene rings is 2. The molecule has 0 fully saturated rings. The molecule has 1 aliphatic heterocycles. The van der Waals surface area contributed by atoms with Crippen LogP contribution in [-0.2, 0) is 4.79 Å². The van der Waals surface area contributed by atoms with Gasteiger partial charge in [-0.05, 0) is 42.0 Å². The standard InChI is InChI=1S/C14H9Br2NO2/c15-7-1-3-11-9(5-7)13(14(19)17-11)10-6-8(16)2-4-12(10)18/h1-6,13,18H,(H,17,19). The van der Waals surface area contributed by atoms with Crippen LogP contribution in [0.4, 0.5) is 5.69 Å². The molecule has 1 heterocycles. The van der Waals surface area contributed by atoms with Crippen LogP contribution in [0.5, 0.6) is 5.75 Å². The van der Waals surface area contributed by atoms with Gasteiger partial charge in [-0.15, -0.1) is 0 Å². The Morgan fingerprint density at radius 3 is 2.37 bits per heavy atom. The summed E-state index contributed by atoms with van der Waals surface area (Å²) in [5.41, 5.74) is 2.26. The molecule has 1 unspecified atom stereocenters. The molecule has 19 heavy (non-hydrogen) atoms. The van der Waals surface area contributed by atoms with Crippen LogP contribution >= 0.6 is 31.9 Å². The van der Waals surface area contributed by atoms with Crippen molar-refractivity contribution < 1.29 is 9.90 Å². The molecule has 2 aromatic carbocycles. The fourth-order valence-electron chi connectivity index (χ4n) is 2.30. The van der Waals surface area contributed by atoms with Crippen LogP contribution in [0.3, 0.4) is 0 Å². The highest BCUT2D eigenvalue weighted by atomic mass is 79.9. The van der Waals surface area contributed by atoms with Crippen LogP contribution < -0.4 is 5.32 Å². The minimum absolute atomic E-state index is 0.121. The SMILES string of the molecule is O=C1Nc2ccc(Br)cc2C1c1cc(Br)ccc1O. The third kappa shape index (κ3) is 2.17. The Hall–Kier alpha value is -1.33. The van der Waals surface area contributed by atoms with E-state index in [0.29, 0.717) is 5.56 Å². The lowest BCUT2D eigenvalue weighted by molar-refractivity contribution is -0.116. The number of phenols is 1. The number of fused-ring (bicyclic) bond motifs is 1. The topological polar surface area (TPSA) is 49.3 Å². The van der Waals surface area contributed by atoms with E-state index in [4.69, 9.17) is 0 Å². The first kappa shape index (κ1) is 12.7. The Morgan fingerprint density at radius 1 is 1.00 bits per heavy atom. The van der Waals surface area contributed by atoms with E-state index in [-0.39, 0.29) is 11.7 Å². The maximum atomic E-state index is 12.2. The second kappa shape index (κ2) is 4.65. The summed E-state index contributed by atoms with van der Waals surface area (Å²) >= 11 is 6.77. The number of carbonyl (C=O) groups is 1. The van der Waals surface area contributed by atoms with Gasteiger partial charge in [0.2, 0.25) is 5.91 Å². The van der Waals surface area contributed by atoms with Gasteiger partial charge in [0.05, 0.1) is 5.92 Å². The van der Waals surface area contributed by atoms with E-state index in [0.717, 1.165) is 20.2 Å². The van der Waals surface area contributed by atoms with Gasteiger partial charge in [-0.25, -0.2) is 0 Å². The fourth-order valence-corrected chi connectivity index (χ4v) is 3.06. The van der Waals surface area contributed by atoms with Crippen molar-refractivity contribution in [2.24, 2.45) is 0 Å². The predicted molar refractivity (Wildman–Crippen MR) is 80.4 cm³/mol. The smallest absolute Gasteiger partial charge is 0.236 e. The Morgan fingerprint density at radius 2 is 1.63 bits per heavy atom. The maximum Gasteiger partial charge on any atom is 0.236 e. The summed E-state index contributed by atoms with van der Waals surface area (Å²) in [4.78, 5) is 12.2. The molecule has 0 saturated heterocycles. The molecular weight excluding hydrogens is 374 g/mol. The van der Waals surface area contributed by atoms with E-state index in [1.807, 2.05) is 18.2 Å². The van der Waals surface area contributed by atoms with Crippen LogP contribution in [0.25, 0.3) is 0 Å². The number of nitrogens with one attached hydrogen (secondary N) is 1. The second-order valence-corrected chi connectivity index (χ2v) is 6.19. The lowest BCUT2D eigenvalue weighted by Crippen LogP contribution is -2.13. The van der Waals surface area contributed by atoms with E-state index in [1.54, 1.807) is 18.2 Å². The molecule has 0 spiro atoms. The molecule has 0 saturated carbocycles. The molecule has 0 radical (unpaired) electrons. The summed E-state index contributed by atoms with van der Waals surface area (Å²) in [7, 11) is 0. The molecular formula is C14H9Br2NO2. The first-order chi connectivity index (χ1) is 9.06. The van der Waals surface area contributed by atoms with Crippen LogP contribution in [0.1, 0.15) is 17.0 Å². The zero-order valence-electron chi connectivity index (χ0n) is 9.65.